The van der Waals surface area contributed by atoms with Gasteiger partial charge in [-0.25, -0.2) is 4.98 Å². The van der Waals surface area contributed by atoms with Gasteiger partial charge in [0.2, 0.25) is 5.95 Å². The molecule has 0 saturated carbocycles. The van der Waals surface area contributed by atoms with Crippen LogP contribution in [0.2, 0.25) is 0 Å². The van der Waals surface area contributed by atoms with Crippen LogP contribution in [-0.2, 0) is 5.75 Å². The SMILES string of the molecule is Nc1nc2nc(CS)[nH]c2c(=O)[nH]1. The van der Waals surface area contributed by atoms with E-state index in [0.29, 0.717) is 22.7 Å². The molecule has 0 spiro atoms. The summed E-state index contributed by atoms with van der Waals surface area (Å²) in [6.07, 6.45) is 0. The molecule has 2 aromatic rings. The first-order valence-electron chi connectivity index (χ1n) is 3.56. The Morgan fingerprint density at radius 3 is 2.85 bits per heavy atom. The van der Waals surface area contributed by atoms with Gasteiger partial charge in [0.25, 0.3) is 5.56 Å². The zero-order valence-corrected chi connectivity index (χ0v) is 7.43. The third-order valence-electron chi connectivity index (χ3n) is 1.58. The van der Waals surface area contributed by atoms with Gasteiger partial charge in [-0.15, -0.1) is 0 Å². The summed E-state index contributed by atoms with van der Waals surface area (Å²) in [6, 6.07) is 0. The van der Waals surface area contributed by atoms with E-state index in [2.05, 4.69) is 32.6 Å². The van der Waals surface area contributed by atoms with E-state index in [4.69, 9.17) is 5.73 Å². The number of fused-ring (bicyclic) bond motifs is 1. The molecule has 2 rings (SSSR count). The summed E-state index contributed by atoms with van der Waals surface area (Å²) >= 11 is 4.02. The number of aromatic nitrogens is 4. The van der Waals surface area contributed by atoms with Crippen LogP contribution in [0.1, 0.15) is 5.82 Å². The number of nitrogens with two attached hydrogens (primary N) is 1. The first-order valence-corrected chi connectivity index (χ1v) is 4.19. The lowest BCUT2D eigenvalue weighted by Gasteiger charge is -1.89. The number of hydrogen-bond donors (Lipinski definition) is 4. The molecule has 2 aromatic heterocycles. The lowest BCUT2D eigenvalue weighted by molar-refractivity contribution is 1.14. The number of nitrogen functional groups attached to an aromatic ring is 1. The number of aromatic amines is 2. The van der Waals surface area contributed by atoms with Crippen molar-refractivity contribution in [1.29, 1.82) is 0 Å². The van der Waals surface area contributed by atoms with E-state index in [1.165, 1.54) is 0 Å². The van der Waals surface area contributed by atoms with Gasteiger partial charge in [-0.1, -0.05) is 0 Å². The molecule has 0 aliphatic carbocycles. The van der Waals surface area contributed by atoms with E-state index in [-0.39, 0.29) is 11.5 Å². The van der Waals surface area contributed by atoms with Crippen LogP contribution in [0.3, 0.4) is 0 Å². The van der Waals surface area contributed by atoms with Crippen molar-refractivity contribution < 1.29 is 0 Å². The zero-order chi connectivity index (χ0) is 9.42. The molecule has 6 nitrogen and oxygen atoms in total. The number of rotatable bonds is 1. The van der Waals surface area contributed by atoms with Crippen molar-refractivity contribution in [3.8, 4) is 0 Å². The van der Waals surface area contributed by atoms with E-state index in [1.807, 2.05) is 0 Å². The number of H-pyrrole nitrogens is 2. The Labute approximate surface area is 78.0 Å². The highest BCUT2D eigenvalue weighted by atomic mass is 32.1. The van der Waals surface area contributed by atoms with Gasteiger partial charge in [0.05, 0.1) is 0 Å². The van der Waals surface area contributed by atoms with Crippen LogP contribution in [0.25, 0.3) is 11.2 Å². The van der Waals surface area contributed by atoms with Crippen molar-refractivity contribution in [2.45, 2.75) is 5.75 Å². The summed E-state index contributed by atoms with van der Waals surface area (Å²) in [5.41, 5.74) is 5.68. The number of anilines is 1. The van der Waals surface area contributed by atoms with Crippen LogP contribution < -0.4 is 11.3 Å². The van der Waals surface area contributed by atoms with Crippen LogP contribution in [-0.4, -0.2) is 19.9 Å². The fourth-order valence-corrected chi connectivity index (χ4v) is 1.20. The van der Waals surface area contributed by atoms with Gasteiger partial charge < -0.3 is 10.7 Å². The van der Waals surface area contributed by atoms with E-state index in [9.17, 15) is 4.79 Å². The van der Waals surface area contributed by atoms with E-state index in [1.54, 1.807) is 0 Å². The molecule has 0 saturated heterocycles. The van der Waals surface area contributed by atoms with Crippen molar-refractivity contribution in [2.75, 3.05) is 5.73 Å². The molecule has 13 heavy (non-hydrogen) atoms. The van der Waals surface area contributed by atoms with Gasteiger partial charge in [-0.3, -0.25) is 9.78 Å². The molecule has 0 aliphatic rings. The Balaban J connectivity index is 2.83. The lowest BCUT2D eigenvalue weighted by atomic mass is 10.5. The minimum atomic E-state index is -0.317. The molecule has 0 radical (unpaired) electrons. The minimum absolute atomic E-state index is 0.0646. The van der Waals surface area contributed by atoms with E-state index in [0.717, 1.165) is 0 Å². The molecule has 0 bridgehead atoms. The molecule has 2 heterocycles. The molecule has 0 fully saturated rings. The smallest absolute Gasteiger partial charge is 0.278 e. The number of nitrogens with one attached hydrogen (secondary N) is 2. The first-order chi connectivity index (χ1) is 6.20. The highest BCUT2D eigenvalue weighted by Gasteiger charge is 2.06. The number of thiol groups is 1. The third-order valence-corrected chi connectivity index (χ3v) is 1.88. The van der Waals surface area contributed by atoms with E-state index >= 15 is 0 Å². The van der Waals surface area contributed by atoms with Crippen molar-refractivity contribution in [3.63, 3.8) is 0 Å². The monoisotopic (exact) mass is 197 g/mol. The Morgan fingerprint density at radius 1 is 1.38 bits per heavy atom. The predicted molar refractivity (Wildman–Crippen MR) is 51.6 cm³/mol. The summed E-state index contributed by atoms with van der Waals surface area (Å²) in [6.45, 7) is 0. The third kappa shape index (κ3) is 1.26. The van der Waals surface area contributed by atoms with Gasteiger partial charge in [0, 0.05) is 5.75 Å². The number of hydrogen-bond acceptors (Lipinski definition) is 5. The Hall–Kier alpha value is -1.50. The molecule has 68 valence electrons. The second kappa shape index (κ2) is 2.77. The largest absolute Gasteiger partial charge is 0.369 e. The highest BCUT2D eigenvalue weighted by Crippen LogP contribution is 2.05. The second-order valence-corrected chi connectivity index (χ2v) is 2.81. The summed E-state index contributed by atoms with van der Waals surface area (Å²) in [4.78, 5) is 24.3. The molecular formula is C6H7N5OS. The maximum atomic E-state index is 11.3. The normalized spacial score (nSPS) is 10.8. The molecule has 4 N–H and O–H groups in total. The summed E-state index contributed by atoms with van der Waals surface area (Å²) in [7, 11) is 0. The fourth-order valence-electron chi connectivity index (χ4n) is 1.05. The summed E-state index contributed by atoms with van der Waals surface area (Å²) in [5, 5.41) is 0. The molecule has 0 amide bonds. The average molecular weight is 197 g/mol. The van der Waals surface area contributed by atoms with Crippen molar-refractivity contribution in [1.82, 2.24) is 19.9 Å². The predicted octanol–water partition coefficient (Wildman–Crippen LogP) is -0.342. The quantitative estimate of drug-likeness (QED) is 0.470. The Morgan fingerprint density at radius 2 is 2.15 bits per heavy atom. The second-order valence-electron chi connectivity index (χ2n) is 2.49. The van der Waals surface area contributed by atoms with Crippen LogP contribution in [0.5, 0.6) is 0 Å². The summed E-state index contributed by atoms with van der Waals surface area (Å²) < 4.78 is 0. The van der Waals surface area contributed by atoms with Crippen molar-refractivity contribution in [3.05, 3.63) is 16.2 Å². The standard InChI is InChI=1S/C6H7N5OS/c7-6-10-4-3(5(12)11-6)8-2(1-13)9-4/h13H,1H2,(H4,7,8,9,10,11,12). The Kier molecular flexibility index (Phi) is 1.73. The van der Waals surface area contributed by atoms with Crippen molar-refractivity contribution >= 4 is 29.7 Å². The highest BCUT2D eigenvalue weighted by molar-refractivity contribution is 7.79. The first kappa shape index (κ1) is 8.11. The van der Waals surface area contributed by atoms with Gasteiger partial charge in [-0.2, -0.15) is 17.6 Å². The molecular weight excluding hydrogens is 190 g/mol. The number of imidazole rings is 1. The van der Waals surface area contributed by atoms with Crippen LogP contribution >= 0.6 is 12.6 Å². The van der Waals surface area contributed by atoms with Gasteiger partial charge in [-0.05, 0) is 0 Å². The van der Waals surface area contributed by atoms with Gasteiger partial charge in [0.1, 0.15) is 5.82 Å². The average Bonchev–Trinajstić information content (AvgIpc) is 2.47. The number of nitrogens with zero attached hydrogens (tertiary/aromatic N) is 2. The summed E-state index contributed by atoms with van der Waals surface area (Å²) in [5.74, 6) is 1.09. The van der Waals surface area contributed by atoms with Crippen LogP contribution in [0.15, 0.2) is 4.79 Å². The Bertz CT molecular complexity index is 501. The molecule has 7 heteroatoms. The molecule has 0 aliphatic heterocycles. The molecule has 0 atom stereocenters. The molecule has 0 unspecified atom stereocenters. The molecule has 0 aromatic carbocycles. The fraction of sp³-hybridized carbons (Fsp3) is 0.167. The topological polar surface area (TPSA) is 100 Å². The van der Waals surface area contributed by atoms with Gasteiger partial charge in [0.15, 0.2) is 11.2 Å². The maximum absolute atomic E-state index is 11.3. The maximum Gasteiger partial charge on any atom is 0.278 e. The zero-order valence-electron chi connectivity index (χ0n) is 6.53. The van der Waals surface area contributed by atoms with Gasteiger partial charge >= 0.3 is 0 Å². The van der Waals surface area contributed by atoms with Crippen molar-refractivity contribution in [2.24, 2.45) is 0 Å². The van der Waals surface area contributed by atoms with E-state index < -0.39 is 0 Å². The van der Waals surface area contributed by atoms with Crippen LogP contribution in [0.4, 0.5) is 5.95 Å². The van der Waals surface area contributed by atoms with Crippen LogP contribution in [0, 0.1) is 0 Å². The lowest BCUT2D eigenvalue weighted by Crippen LogP contribution is -2.10. The minimum Gasteiger partial charge on any atom is -0.369 e.